The van der Waals surface area contributed by atoms with E-state index in [1.807, 2.05) is 0 Å². The highest BCUT2D eigenvalue weighted by molar-refractivity contribution is 7.17. The summed E-state index contributed by atoms with van der Waals surface area (Å²) in [6.07, 6.45) is -3.86. The van der Waals surface area contributed by atoms with Gasteiger partial charge in [0.2, 0.25) is 0 Å². The van der Waals surface area contributed by atoms with Crippen molar-refractivity contribution in [3.05, 3.63) is 29.7 Å². The number of alkyl halides is 3. The number of aromatic nitrogens is 2. The van der Waals surface area contributed by atoms with Gasteiger partial charge in [0.15, 0.2) is 0 Å². The van der Waals surface area contributed by atoms with Gasteiger partial charge in [-0.05, 0) is 37.5 Å². The van der Waals surface area contributed by atoms with E-state index in [0.29, 0.717) is 16.1 Å². The highest BCUT2D eigenvalue weighted by atomic mass is 32.1. The third-order valence-corrected chi connectivity index (χ3v) is 4.85. The molecule has 1 fully saturated rings. The molecule has 0 unspecified atom stereocenters. The summed E-state index contributed by atoms with van der Waals surface area (Å²) in [5.74, 6) is 0. The minimum atomic E-state index is -4.32. The van der Waals surface area contributed by atoms with Crippen LogP contribution in [-0.4, -0.2) is 22.2 Å². The second-order valence-electron chi connectivity index (χ2n) is 5.33. The summed E-state index contributed by atoms with van der Waals surface area (Å²) in [6.45, 7) is 1.68. The Bertz CT molecular complexity index is 769. The van der Waals surface area contributed by atoms with E-state index in [2.05, 4.69) is 9.97 Å². The lowest BCUT2D eigenvalue weighted by Gasteiger charge is -2.18. The summed E-state index contributed by atoms with van der Waals surface area (Å²) < 4.78 is 44.4. The Hall–Kier alpha value is -2.16. The van der Waals surface area contributed by atoms with Gasteiger partial charge in [-0.25, -0.2) is 9.78 Å². The van der Waals surface area contributed by atoms with Gasteiger partial charge in [-0.15, -0.1) is 0 Å². The molecule has 5 nitrogen and oxygen atoms in total. The Morgan fingerprint density at radius 3 is 2.70 bits per heavy atom. The zero-order chi connectivity index (χ0) is 16.8. The van der Waals surface area contributed by atoms with Crippen LogP contribution in [0.5, 0.6) is 5.19 Å². The molecule has 0 aliphatic heterocycles. The summed E-state index contributed by atoms with van der Waals surface area (Å²) in [5, 5.41) is 0.0559. The van der Waals surface area contributed by atoms with Crippen LogP contribution in [0.4, 0.5) is 18.0 Å². The summed E-state index contributed by atoms with van der Waals surface area (Å²) in [4.78, 5) is 19.3. The summed E-state index contributed by atoms with van der Waals surface area (Å²) in [6, 6.07) is 3.03. The second-order valence-corrected chi connectivity index (χ2v) is 6.29. The first-order valence-corrected chi connectivity index (χ1v) is 7.53. The van der Waals surface area contributed by atoms with Crippen molar-refractivity contribution in [2.45, 2.75) is 31.4 Å². The first-order chi connectivity index (χ1) is 10.7. The number of pyridine rings is 1. The third-order valence-electron chi connectivity index (χ3n) is 3.77. The van der Waals surface area contributed by atoms with Crippen LogP contribution in [-0.2, 0) is 5.41 Å². The number of ether oxygens (including phenoxy) is 1. The lowest BCUT2D eigenvalue weighted by Crippen LogP contribution is -2.29. The van der Waals surface area contributed by atoms with Crippen LogP contribution in [0.1, 0.15) is 24.2 Å². The summed E-state index contributed by atoms with van der Waals surface area (Å²) >= 11 is 1.04. The van der Waals surface area contributed by atoms with Crippen molar-refractivity contribution in [2.24, 2.45) is 5.73 Å². The van der Waals surface area contributed by atoms with E-state index in [4.69, 9.17) is 10.5 Å². The summed E-state index contributed by atoms with van der Waals surface area (Å²) in [7, 11) is 0. The fraction of sp³-hybridized carbons (Fsp3) is 0.357. The molecule has 1 aliphatic rings. The van der Waals surface area contributed by atoms with Gasteiger partial charge in [-0.2, -0.15) is 13.2 Å². The van der Waals surface area contributed by atoms with Gasteiger partial charge in [-0.3, -0.25) is 4.98 Å². The van der Waals surface area contributed by atoms with Crippen LogP contribution < -0.4 is 10.5 Å². The second kappa shape index (κ2) is 5.19. The van der Waals surface area contributed by atoms with Crippen LogP contribution in [0.3, 0.4) is 0 Å². The number of thiazole rings is 1. The Morgan fingerprint density at radius 1 is 1.43 bits per heavy atom. The first-order valence-electron chi connectivity index (χ1n) is 6.71. The number of hydrogen-bond acceptors (Lipinski definition) is 5. The van der Waals surface area contributed by atoms with Crippen molar-refractivity contribution in [1.82, 2.24) is 9.97 Å². The molecule has 0 radical (unpaired) electrons. The van der Waals surface area contributed by atoms with Gasteiger partial charge < -0.3 is 10.5 Å². The molecule has 0 atom stereocenters. The van der Waals surface area contributed by atoms with Crippen molar-refractivity contribution < 1.29 is 22.7 Å². The number of amides is 1. The van der Waals surface area contributed by atoms with Crippen LogP contribution in [0.25, 0.3) is 10.4 Å². The predicted molar refractivity (Wildman–Crippen MR) is 77.3 cm³/mol. The molecule has 0 bridgehead atoms. The molecule has 1 amide bonds. The fourth-order valence-corrected chi connectivity index (χ4v) is 3.33. The van der Waals surface area contributed by atoms with Crippen molar-refractivity contribution in [1.29, 1.82) is 0 Å². The maximum atomic E-state index is 13.2. The molecule has 1 saturated carbocycles. The largest absolute Gasteiger partial charge is 0.411 e. The molecule has 0 saturated heterocycles. The Kier molecular flexibility index (Phi) is 3.55. The van der Waals surface area contributed by atoms with Crippen LogP contribution in [0.15, 0.2) is 18.3 Å². The number of primary amides is 1. The standard InChI is InChI=1S/C14H12F3N3O2S/c1-7-10(23-12(20-7)22-11(18)21)8-2-5-19-9(6-8)13(3-4-13)14(15,16)17/h2,5-6H,3-4H2,1H3,(H2,18,21). The normalized spacial score (nSPS) is 16.2. The number of carbonyl (C=O) groups is 1. The van der Waals surface area contributed by atoms with E-state index < -0.39 is 17.7 Å². The SMILES string of the molecule is Cc1nc(OC(N)=O)sc1-c1ccnc(C2(C(F)(F)F)CC2)c1. The van der Waals surface area contributed by atoms with E-state index in [1.165, 1.54) is 12.3 Å². The molecule has 2 N–H and O–H groups in total. The topological polar surface area (TPSA) is 78.1 Å². The number of hydrogen-bond donors (Lipinski definition) is 1. The highest BCUT2D eigenvalue weighted by Gasteiger charge is 2.65. The zero-order valence-corrected chi connectivity index (χ0v) is 12.8. The van der Waals surface area contributed by atoms with Crippen LogP contribution in [0, 0.1) is 6.92 Å². The van der Waals surface area contributed by atoms with Gasteiger partial charge >= 0.3 is 12.3 Å². The number of rotatable bonds is 3. The minimum absolute atomic E-state index is 0.00710. The molecule has 122 valence electrons. The van der Waals surface area contributed by atoms with E-state index >= 15 is 0 Å². The smallest absolute Gasteiger partial charge is 0.381 e. The number of carbonyl (C=O) groups excluding carboxylic acids is 1. The lowest BCUT2D eigenvalue weighted by molar-refractivity contribution is -0.161. The predicted octanol–water partition coefficient (Wildman–Crippen LogP) is 3.56. The number of nitrogens with zero attached hydrogens (tertiary/aromatic N) is 2. The molecule has 0 spiro atoms. The number of aryl methyl sites for hydroxylation is 1. The van der Waals surface area contributed by atoms with Crippen molar-refractivity contribution >= 4 is 17.4 Å². The maximum Gasteiger partial charge on any atom is 0.411 e. The Morgan fingerprint density at radius 2 is 2.13 bits per heavy atom. The maximum absolute atomic E-state index is 13.2. The molecule has 2 aromatic rings. The van der Waals surface area contributed by atoms with Gasteiger partial charge in [0.1, 0.15) is 5.41 Å². The third kappa shape index (κ3) is 2.76. The molecule has 23 heavy (non-hydrogen) atoms. The summed E-state index contributed by atoms with van der Waals surface area (Å²) in [5.41, 5.74) is 4.20. The van der Waals surface area contributed by atoms with Crippen LogP contribution >= 0.6 is 11.3 Å². The quantitative estimate of drug-likeness (QED) is 0.924. The van der Waals surface area contributed by atoms with Crippen molar-refractivity contribution in [3.8, 4) is 15.6 Å². The van der Waals surface area contributed by atoms with Crippen molar-refractivity contribution in [2.75, 3.05) is 0 Å². The number of halogens is 3. The molecule has 2 aromatic heterocycles. The van der Waals surface area contributed by atoms with E-state index in [1.54, 1.807) is 13.0 Å². The van der Waals surface area contributed by atoms with Gasteiger partial charge in [-0.1, -0.05) is 11.3 Å². The molecule has 2 heterocycles. The van der Waals surface area contributed by atoms with E-state index in [-0.39, 0.29) is 23.7 Å². The minimum Gasteiger partial charge on any atom is -0.381 e. The molecule has 3 rings (SSSR count). The van der Waals surface area contributed by atoms with Crippen LogP contribution in [0.2, 0.25) is 0 Å². The average molecular weight is 343 g/mol. The molecule has 9 heteroatoms. The van der Waals surface area contributed by atoms with Gasteiger partial charge in [0, 0.05) is 6.20 Å². The van der Waals surface area contributed by atoms with E-state index in [0.717, 1.165) is 11.3 Å². The van der Waals surface area contributed by atoms with E-state index in [9.17, 15) is 18.0 Å². The van der Waals surface area contributed by atoms with Gasteiger partial charge in [0.05, 0.1) is 16.3 Å². The molecule has 0 aromatic carbocycles. The monoisotopic (exact) mass is 343 g/mol. The zero-order valence-electron chi connectivity index (χ0n) is 12.0. The molecular weight excluding hydrogens is 331 g/mol. The molecule has 1 aliphatic carbocycles. The average Bonchev–Trinajstić information content (AvgIpc) is 3.19. The molecular formula is C14H12F3N3O2S. The highest BCUT2D eigenvalue weighted by Crippen LogP contribution is 2.58. The Labute approximate surface area is 133 Å². The van der Waals surface area contributed by atoms with Gasteiger partial charge in [0.25, 0.3) is 5.19 Å². The fourth-order valence-electron chi connectivity index (χ4n) is 2.41. The Balaban J connectivity index is 1.98. The lowest BCUT2D eigenvalue weighted by atomic mass is 9.99. The van der Waals surface area contributed by atoms with Crippen molar-refractivity contribution in [3.63, 3.8) is 0 Å². The number of nitrogens with two attached hydrogens (primary N) is 1. The first kappa shape index (κ1) is 15.7.